The van der Waals surface area contributed by atoms with Crippen molar-refractivity contribution in [1.82, 2.24) is 4.98 Å². The standard InChI is InChI=1S/C10H13NO4/c1-4-15-9(12)7-5-11-8(6(7)2)10(13)14-3/h5,11H,4H2,1-3H3. The predicted octanol–water partition coefficient (Wildman–Crippen LogP) is 1.29. The van der Waals surface area contributed by atoms with E-state index in [0.717, 1.165) is 0 Å². The maximum Gasteiger partial charge on any atom is 0.354 e. The van der Waals surface area contributed by atoms with Crippen LogP contribution in [0.5, 0.6) is 0 Å². The van der Waals surface area contributed by atoms with Gasteiger partial charge in [-0.2, -0.15) is 0 Å². The zero-order valence-electron chi connectivity index (χ0n) is 8.92. The van der Waals surface area contributed by atoms with Crippen LogP contribution in [0, 0.1) is 6.92 Å². The summed E-state index contributed by atoms with van der Waals surface area (Å²) in [6.45, 7) is 3.69. The second-order valence-electron chi connectivity index (χ2n) is 2.91. The molecule has 0 saturated carbocycles. The summed E-state index contributed by atoms with van der Waals surface area (Å²) < 4.78 is 9.37. The van der Waals surface area contributed by atoms with Gasteiger partial charge in [-0.25, -0.2) is 9.59 Å². The minimum absolute atomic E-state index is 0.278. The Bertz CT molecular complexity index is 381. The number of methoxy groups -OCH3 is 1. The number of aromatic nitrogens is 1. The summed E-state index contributed by atoms with van der Waals surface area (Å²) in [5.74, 6) is -0.940. The van der Waals surface area contributed by atoms with Crippen molar-refractivity contribution in [3.63, 3.8) is 0 Å². The molecule has 0 atom stereocenters. The summed E-state index contributed by atoms with van der Waals surface area (Å²) in [5, 5.41) is 0. The van der Waals surface area contributed by atoms with Crippen molar-refractivity contribution in [3.8, 4) is 0 Å². The molecule has 0 fully saturated rings. The summed E-state index contributed by atoms with van der Waals surface area (Å²) in [7, 11) is 1.28. The van der Waals surface area contributed by atoms with Crippen molar-refractivity contribution in [3.05, 3.63) is 23.0 Å². The molecule has 0 unspecified atom stereocenters. The molecule has 0 aromatic carbocycles. The highest BCUT2D eigenvalue weighted by molar-refractivity contribution is 5.97. The van der Waals surface area contributed by atoms with Crippen LogP contribution >= 0.6 is 0 Å². The SMILES string of the molecule is CCOC(=O)c1c[nH]c(C(=O)OC)c1C. The van der Waals surface area contributed by atoms with Crippen LogP contribution in [-0.4, -0.2) is 30.6 Å². The molecule has 1 N–H and O–H groups in total. The van der Waals surface area contributed by atoms with Gasteiger partial charge < -0.3 is 14.5 Å². The Morgan fingerprint density at radius 3 is 2.60 bits per heavy atom. The summed E-state index contributed by atoms with van der Waals surface area (Å²) in [6.07, 6.45) is 1.44. The fourth-order valence-electron chi connectivity index (χ4n) is 1.23. The van der Waals surface area contributed by atoms with Crippen molar-refractivity contribution in [1.29, 1.82) is 0 Å². The number of ether oxygens (including phenoxy) is 2. The highest BCUT2D eigenvalue weighted by atomic mass is 16.5. The third-order valence-electron chi connectivity index (χ3n) is 2.02. The second kappa shape index (κ2) is 4.63. The molecule has 1 heterocycles. The van der Waals surface area contributed by atoms with Crippen molar-refractivity contribution in [2.75, 3.05) is 13.7 Å². The third-order valence-corrected chi connectivity index (χ3v) is 2.02. The van der Waals surface area contributed by atoms with Crippen molar-refractivity contribution in [2.24, 2.45) is 0 Å². The number of aromatic amines is 1. The number of carbonyl (C=O) groups excluding carboxylic acids is 2. The van der Waals surface area contributed by atoms with Crippen molar-refractivity contribution in [2.45, 2.75) is 13.8 Å². The summed E-state index contributed by atoms with van der Waals surface area (Å²) in [5.41, 5.74) is 1.18. The number of esters is 2. The molecule has 5 heteroatoms. The molecule has 0 spiro atoms. The minimum atomic E-state index is -0.497. The maximum atomic E-state index is 11.4. The summed E-state index contributed by atoms with van der Waals surface area (Å²) in [4.78, 5) is 25.3. The maximum absolute atomic E-state index is 11.4. The molecule has 0 aliphatic rings. The molecule has 0 aliphatic carbocycles. The first-order chi connectivity index (χ1) is 7.11. The van der Waals surface area contributed by atoms with E-state index < -0.39 is 11.9 Å². The normalized spacial score (nSPS) is 9.80. The Morgan fingerprint density at radius 1 is 1.40 bits per heavy atom. The highest BCUT2D eigenvalue weighted by Gasteiger charge is 2.19. The number of hydrogen-bond donors (Lipinski definition) is 1. The lowest BCUT2D eigenvalue weighted by molar-refractivity contribution is 0.0525. The van der Waals surface area contributed by atoms with Gasteiger partial charge in [-0.05, 0) is 19.4 Å². The molecular weight excluding hydrogens is 198 g/mol. The van der Waals surface area contributed by atoms with E-state index in [0.29, 0.717) is 17.7 Å². The lowest BCUT2D eigenvalue weighted by atomic mass is 10.2. The van der Waals surface area contributed by atoms with Gasteiger partial charge in [0.15, 0.2) is 0 Å². The number of rotatable bonds is 3. The topological polar surface area (TPSA) is 68.4 Å². The molecule has 0 amide bonds. The number of hydrogen-bond acceptors (Lipinski definition) is 4. The number of H-pyrrole nitrogens is 1. The Balaban J connectivity index is 2.98. The predicted molar refractivity (Wildman–Crippen MR) is 52.8 cm³/mol. The van der Waals surface area contributed by atoms with Gasteiger partial charge in [-0.1, -0.05) is 0 Å². The van der Waals surface area contributed by atoms with Gasteiger partial charge in [0, 0.05) is 6.20 Å². The number of nitrogens with one attached hydrogen (secondary N) is 1. The minimum Gasteiger partial charge on any atom is -0.464 e. The third kappa shape index (κ3) is 2.18. The molecule has 1 aromatic heterocycles. The van der Waals surface area contributed by atoms with E-state index >= 15 is 0 Å². The Kier molecular flexibility index (Phi) is 3.49. The Hall–Kier alpha value is -1.78. The number of carbonyl (C=O) groups is 2. The van der Waals surface area contributed by atoms with Gasteiger partial charge in [-0.3, -0.25) is 0 Å². The first-order valence-electron chi connectivity index (χ1n) is 4.55. The fourth-order valence-corrected chi connectivity index (χ4v) is 1.23. The van der Waals surface area contributed by atoms with E-state index in [4.69, 9.17) is 4.74 Å². The zero-order valence-corrected chi connectivity index (χ0v) is 8.92. The lowest BCUT2D eigenvalue weighted by Gasteiger charge is -2.00. The van der Waals surface area contributed by atoms with Crippen molar-refractivity contribution >= 4 is 11.9 Å². The molecule has 0 saturated heterocycles. The molecule has 0 radical (unpaired) electrons. The van der Waals surface area contributed by atoms with Crippen LogP contribution < -0.4 is 0 Å². The van der Waals surface area contributed by atoms with Crippen molar-refractivity contribution < 1.29 is 19.1 Å². The van der Waals surface area contributed by atoms with Crippen LogP contribution in [0.3, 0.4) is 0 Å². The average molecular weight is 211 g/mol. The quantitative estimate of drug-likeness (QED) is 0.765. The van der Waals surface area contributed by atoms with Gasteiger partial charge in [0.05, 0.1) is 19.3 Å². The Morgan fingerprint density at radius 2 is 2.07 bits per heavy atom. The lowest BCUT2D eigenvalue weighted by Crippen LogP contribution is -2.07. The summed E-state index contributed by atoms with van der Waals surface area (Å²) >= 11 is 0. The molecule has 82 valence electrons. The van der Waals surface area contributed by atoms with E-state index in [2.05, 4.69) is 9.72 Å². The molecule has 5 nitrogen and oxygen atoms in total. The van der Waals surface area contributed by atoms with Crippen LogP contribution in [0.4, 0.5) is 0 Å². The summed E-state index contributed by atoms with van der Waals surface area (Å²) in [6, 6.07) is 0. The molecule has 0 bridgehead atoms. The fraction of sp³-hybridized carbons (Fsp3) is 0.400. The van der Waals surface area contributed by atoms with E-state index in [1.165, 1.54) is 13.3 Å². The van der Waals surface area contributed by atoms with Gasteiger partial charge in [0.25, 0.3) is 0 Å². The molecule has 0 aliphatic heterocycles. The van der Waals surface area contributed by atoms with Crippen LogP contribution in [0.1, 0.15) is 33.3 Å². The van der Waals surface area contributed by atoms with Gasteiger partial charge in [-0.15, -0.1) is 0 Å². The highest BCUT2D eigenvalue weighted by Crippen LogP contribution is 2.14. The van der Waals surface area contributed by atoms with Crippen LogP contribution in [0.15, 0.2) is 6.20 Å². The van der Waals surface area contributed by atoms with Gasteiger partial charge in [0.1, 0.15) is 5.69 Å². The smallest absolute Gasteiger partial charge is 0.354 e. The largest absolute Gasteiger partial charge is 0.464 e. The van der Waals surface area contributed by atoms with E-state index in [1.54, 1.807) is 13.8 Å². The van der Waals surface area contributed by atoms with E-state index in [9.17, 15) is 9.59 Å². The molecule has 15 heavy (non-hydrogen) atoms. The average Bonchev–Trinajstić information content (AvgIpc) is 2.59. The van der Waals surface area contributed by atoms with Crippen LogP contribution in [0.25, 0.3) is 0 Å². The van der Waals surface area contributed by atoms with Gasteiger partial charge >= 0.3 is 11.9 Å². The Labute approximate surface area is 87.4 Å². The molecule has 1 aromatic rings. The monoisotopic (exact) mass is 211 g/mol. The second-order valence-corrected chi connectivity index (χ2v) is 2.91. The first kappa shape index (κ1) is 11.3. The first-order valence-corrected chi connectivity index (χ1v) is 4.55. The molecule has 1 rings (SSSR count). The zero-order chi connectivity index (χ0) is 11.4. The van der Waals surface area contributed by atoms with Crippen LogP contribution in [0.2, 0.25) is 0 Å². The molecular formula is C10H13NO4. The van der Waals surface area contributed by atoms with E-state index in [1.807, 2.05) is 0 Å². The van der Waals surface area contributed by atoms with Crippen LogP contribution in [-0.2, 0) is 9.47 Å². The van der Waals surface area contributed by atoms with Gasteiger partial charge in [0.2, 0.25) is 0 Å². The van der Waals surface area contributed by atoms with E-state index in [-0.39, 0.29) is 5.69 Å².